The molecular formula is C39H58N8O7. The monoisotopic (exact) mass is 750 g/mol. The van der Waals surface area contributed by atoms with Gasteiger partial charge >= 0.3 is 5.97 Å². The number of carboxylic acids is 1. The van der Waals surface area contributed by atoms with Gasteiger partial charge < -0.3 is 48.9 Å². The molecule has 0 spiro atoms. The fourth-order valence-corrected chi connectivity index (χ4v) is 6.21. The third kappa shape index (κ3) is 14.2. The van der Waals surface area contributed by atoms with E-state index in [1.165, 1.54) is 0 Å². The first-order valence-electron chi connectivity index (χ1n) is 18.9. The molecule has 2 aromatic rings. The molecule has 0 aromatic heterocycles. The van der Waals surface area contributed by atoms with Crippen molar-refractivity contribution in [3.8, 4) is 0 Å². The summed E-state index contributed by atoms with van der Waals surface area (Å²) in [4.78, 5) is 80.3. The van der Waals surface area contributed by atoms with E-state index < -0.39 is 71.8 Å². The minimum atomic E-state index is -1.21. The van der Waals surface area contributed by atoms with Gasteiger partial charge in [0.2, 0.25) is 29.5 Å². The van der Waals surface area contributed by atoms with Crippen LogP contribution in [0.25, 0.3) is 10.8 Å². The molecule has 5 amide bonds. The number of nitrogens with two attached hydrogens (primary N) is 3. The van der Waals surface area contributed by atoms with E-state index in [2.05, 4.69) is 26.6 Å². The normalized spacial score (nSPS) is 21.6. The van der Waals surface area contributed by atoms with Crippen LogP contribution in [0.15, 0.2) is 54.6 Å². The van der Waals surface area contributed by atoms with E-state index in [0.29, 0.717) is 38.8 Å². The topological polar surface area (TPSA) is 261 Å². The van der Waals surface area contributed by atoms with E-state index in [4.69, 9.17) is 17.2 Å². The first-order valence-corrected chi connectivity index (χ1v) is 18.9. The zero-order chi connectivity index (χ0) is 39.6. The average molecular weight is 751 g/mol. The molecule has 0 fully saturated rings. The molecule has 0 aliphatic carbocycles. The molecule has 0 bridgehead atoms. The number of unbranched alkanes of at least 4 members (excludes halogenated alkanes) is 2. The molecular weight excluding hydrogens is 692 g/mol. The Morgan fingerprint density at radius 3 is 1.98 bits per heavy atom. The number of benzene rings is 2. The van der Waals surface area contributed by atoms with Crippen molar-refractivity contribution in [3.63, 3.8) is 0 Å². The molecule has 15 heteroatoms. The van der Waals surface area contributed by atoms with Gasteiger partial charge in [0, 0.05) is 6.42 Å². The predicted octanol–water partition coefficient (Wildman–Crippen LogP) is 0.872. The first kappa shape index (κ1) is 43.5. The molecule has 0 radical (unpaired) electrons. The lowest BCUT2D eigenvalue weighted by atomic mass is 9.99. The lowest BCUT2D eigenvalue weighted by molar-refractivity contribution is -0.142. The summed E-state index contributed by atoms with van der Waals surface area (Å²) in [6.07, 6.45) is 6.23. The number of fused-ring (bicyclic) bond motifs is 1. The van der Waals surface area contributed by atoms with Gasteiger partial charge in [-0.1, -0.05) is 68.5 Å². The van der Waals surface area contributed by atoms with Crippen LogP contribution in [0.3, 0.4) is 0 Å². The van der Waals surface area contributed by atoms with Crippen molar-refractivity contribution in [2.75, 3.05) is 13.1 Å². The summed E-state index contributed by atoms with van der Waals surface area (Å²) in [5, 5.41) is 25.3. The van der Waals surface area contributed by atoms with Crippen molar-refractivity contribution in [2.24, 2.45) is 23.1 Å². The Hall–Kier alpha value is -4.86. The maximum Gasteiger partial charge on any atom is 0.326 e. The number of carbonyl (C=O) groups is 6. The molecule has 3 rings (SSSR count). The quantitative estimate of drug-likeness (QED) is 0.0814. The molecule has 6 atom stereocenters. The third-order valence-corrected chi connectivity index (χ3v) is 9.27. The largest absolute Gasteiger partial charge is 0.480 e. The summed E-state index contributed by atoms with van der Waals surface area (Å²) in [6.45, 7) is 4.46. The molecule has 0 saturated carbocycles. The summed E-state index contributed by atoms with van der Waals surface area (Å²) in [7, 11) is 0. The lowest BCUT2D eigenvalue weighted by Crippen LogP contribution is -2.59. The van der Waals surface area contributed by atoms with E-state index in [1.807, 2.05) is 56.3 Å². The van der Waals surface area contributed by atoms with Crippen LogP contribution in [0.1, 0.15) is 77.2 Å². The van der Waals surface area contributed by atoms with Gasteiger partial charge in [0.05, 0.1) is 6.04 Å². The molecule has 2 aromatic carbocycles. The number of aliphatic carboxylic acids is 1. The van der Waals surface area contributed by atoms with Crippen LogP contribution in [0, 0.1) is 5.92 Å². The van der Waals surface area contributed by atoms with Crippen molar-refractivity contribution in [1.82, 2.24) is 26.6 Å². The van der Waals surface area contributed by atoms with Crippen molar-refractivity contribution in [2.45, 2.75) is 114 Å². The van der Waals surface area contributed by atoms with E-state index in [-0.39, 0.29) is 44.4 Å². The summed E-state index contributed by atoms with van der Waals surface area (Å²) in [5.74, 6) is -4.38. The van der Waals surface area contributed by atoms with Crippen LogP contribution in [-0.2, 0) is 35.2 Å². The number of carbonyl (C=O) groups excluding carboxylic acids is 5. The Bertz CT molecular complexity index is 1620. The predicted molar refractivity (Wildman–Crippen MR) is 207 cm³/mol. The number of nitrogens with one attached hydrogen (secondary N) is 5. The van der Waals surface area contributed by atoms with Crippen LogP contribution in [-0.4, -0.2) is 90.0 Å². The Kier molecular flexibility index (Phi) is 18.0. The van der Waals surface area contributed by atoms with Gasteiger partial charge in [0.15, 0.2) is 0 Å². The maximum absolute atomic E-state index is 14.1. The van der Waals surface area contributed by atoms with Gasteiger partial charge in [-0.3, -0.25) is 24.0 Å². The maximum atomic E-state index is 14.1. The first-order chi connectivity index (χ1) is 25.8. The number of rotatable bonds is 17. The number of hydrogen-bond acceptors (Lipinski definition) is 9. The summed E-state index contributed by atoms with van der Waals surface area (Å²) >= 11 is 0. The van der Waals surface area contributed by atoms with Crippen LogP contribution >= 0.6 is 0 Å². The summed E-state index contributed by atoms with van der Waals surface area (Å²) < 4.78 is 0. The zero-order valence-electron chi connectivity index (χ0n) is 31.4. The molecule has 0 saturated heterocycles. The Morgan fingerprint density at radius 2 is 1.37 bits per heavy atom. The Labute approximate surface area is 317 Å². The smallest absolute Gasteiger partial charge is 0.326 e. The zero-order valence-corrected chi connectivity index (χ0v) is 31.4. The van der Waals surface area contributed by atoms with Gasteiger partial charge in [0.25, 0.3) is 0 Å². The van der Waals surface area contributed by atoms with E-state index in [0.717, 1.165) is 16.3 Å². The van der Waals surface area contributed by atoms with Crippen LogP contribution in [0.5, 0.6) is 0 Å². The highest BCUT2D eigenvalue weighted by atomic mass is 16.4. The highest BCUT2D eigenvalue weighted by Crippen LogP contribution is 2.18. The molecule has 1 aliphatic heterocycles. The van der Waals surface area contributed by atoms with Crippen molar-refractivity contribution < 1.29 is 33.9 Å². The minimum absolute atomic E-state index is 0.0280. The van der Waals surface area contributed by atoms with E-state index in [1.54, 1.807) is 12.2 Å². The second-order valence-electron chi connectivity index (χ2n) is 14.3. The number of hydrogen-bond donors (Lipinski definition) is 9. The van der Waals surface area contributed by atoms with Crippen LogP contribution in [0.2, 0.25) is 0 Å². The van der Waals surface area contributed by atoms with Crippen molar-refractivity contribution in [3.05, 3.63) is 60.2 Å². The average Bonchev–Trinajstić information content (AvgIpc) is 3.13. The van der Waals surface area contributed by atoms with Gasteiger partial charge in [-0.15, -0.1) is 0 Å². The fraction of sp³-hybridized carbons (Fsp3) is 0.538. The van der Waals surface area contributed by atoms with Gasteiger partial charge in [-0.05, 0) is 93.1 Å². The number of amides is 5. The standard InChI is InChI=1S/C39H58N8O7/c1-24(2)21-33(39(53)54)47-38(52)32(23-25-17-18-26-11-3-4-12-27(26)22-25)46-37(51)30-14-6-5-13-28(42)34(48)43-29(15-7-9-19-40)35(49)45-31(36(50)44-30)16-8-10-20-41/h3-6,11-12,17-18,22,24,28-33H,7-10,13-16,19-21,23,40-42H2,1-2H3,(H,43,48)(H,44,50)(H,45,49)(H,46,51)(H,47,52)(H,53,54)/b6-5+/t28-,29-,30-,31-,32-,33-/m0/s1. The van der Waals surface area contributed by atoms with Crippen molar-refractivity contribution >= 4 is 46.3 Å². The molecule has 1 heterocycles. The van der Waals surface area contributed by atoms with Gasteiger partial charge in [-0.25, -0.2) is 4.79 Å². The van der Waals surface area contributed by atoms with Crippen molar-refractivity contribution in [1.29, 1.82) is 0 Å². The summed E-state index contributed by atoms with van der Waals surface area (Å²) in [5.41, 5.74) is 18.2. The Morgan fingerprint density at radius 1 is 0.778 bits per heavy atom. The third-order valence-electron chi connectivity index (χ3n) is 9.27. The highest BCUT2D eigenvalue weighted by molar-refractivity contribution is 5.96. The Balaban J connectivity index is 1.95. The van der Waals surface area contributed by atoms with Crippen LogP contribution < -0.4 is 43.8 Å². The molecule has 15 nitrogen and oxygen atoms in total. The highest BCUT2D eigenvalue weighted by Gasteiger charge is 2.33. The summed E-state index contributed by atoms with van der Waals surface area (Å²) in [6, 6.07) is 6.65. The second-order valence-corrected chi connectivity index (χ2v) is 14.3. The SMILES string of the molecule is CC(C)C[C@H](NC(=O)[C@H](Cc1ccc2ccccc2c1)NC(=O)[C@@H]1C/C=C/C[C@H](N)C(=O)N[C@@H](CCCCN)C(=O)N[C@@H](CCCCN)C(=O)N1)C(=O)O. The molecule has 0 unspecified atom stereocenters. The second kappa shape index (κ2) is 22.4. The minimum Gasteiger partial charge on any atom is -0.480 e. The molecule has 54 heavy (non-hydrogen) atoms. The molecule has 296 valence electrons. The molecule has 1 aliphatic rings. The van der Waals surface area contributed by atoms with E-state index in [9.17, 15) is 33.9 Å². The lowest BCUT2D eigenvalue weighted by Gasteiger charge is -2.27. The van der Waals surface area contributed by atoms with Gasteiger partial charge in [0.1, 0.15) is 30.2 Å². The van der Waals surface area contributed by atoms with Gasteiger partial charge in [-0.2, -0.15) is 0 Å². The number of carboxylic acid groups (broad SMARTS) is 1. The molecule has 12 N–H and O–H groups in total. The fourth-order valence-electron chi connectivity index (χ4n) is 6.21. The van der Waals surface area contributed by atoms with E-state index >= 15 is 0 Å². The van der Waals surface area contributed by atoms with Crippen LogP contribution in [0.4, 0.5) is 0 Å².